The predicted octanol–water partition coefficient (Wildman–Crippen LogP) is 1.45. The minimum atomic E-state index is -0.418. The number of nitrogens with zero attached hydrogens (tertiary/aromatic N) is 4. The smallest absolute Gasteiger partial charge is 0.338 e. The highest BCUT2D eigenvalue weighted by Crippen LogP contribution is 2.12. The Bertz CT molecular complexity index is 565. The summed E-state index contributed by atoms with van der Waals surface area (Å²) < 4.78 is 11.8. The summed E-state index contributed by atoms with van der Waals surface area (Å²) in [7, 11) is 1.57. The topological polar surface area (TPSA) is 79.1 Å². The minimum Gasteiger partial charge on any atom is -0.497 e. The van der Waals surface area contributed by atoms with Gasteiger partial charge in [0.1, 0.15) is 5.75 Å². The van der Waals surface area contributed by atoms with Crippen molar-refractivity contribution < 1.29 is 14.3 Å². The molecule has 0 fully saturated rings. The van der Waals surface area contributed by atoms with Crippen molar-refractivity contribution in [3.8, 4) is 5.75 Å². The fourth-order valence-corrected chi connectivity index (χ4v) is 1.65. The van der Waals surface area contributed by atoms with Crippen LogP contribution < -0.4 is 4.74 Å². The van der Waals surface area contributed by atoms with E-state index in [1.54, 1.807) is 36.1 Å². The molecule has 106 valence electrons. The number of hydrogen-bond donors (Lipinski definition) is 0. The molecule has 0 amide bonds. The Morgan fingerprint density at radius 1 is 1.30 bits per heavy atom. The molecule has 0 spiro atoms. The third-order valence-electron chi connectivity index (χ3n) is 2.70. The number of aromatic nitrogens is 4. The van der Waals surface area contributed by atoms with Gasteiger partial charge in [0.05, 0.1) is 12.7 Å². The molecule has 2 rings (SSSR count). The lowest BCUT2D eigenvalue weighted by atomic mass is 10.2. The molecular formula is C13H16N4O3. The number of esters is 1. The Kier molecular flexibility index (Phi) is 4.65. The molecule has 0 saturated heterocycles. The van der Waals surface area contributed by atoms with Crippen LogP contribution in [0.15, 0.2) is 24.3 Å². The average Bonchev–Trinajstić information content (AvgIpc) is 2.92. The van der Waals surface area contributed by atoms with Crippen LogP contribution in [-0.2, 0) is 17.9 Å². The van der Waals surface area contributed by atoms with Crippen LogP contribution in [0.5, 0.6) is 5.75 Å². The van der Waals surface area contributed by atoms with Crippen LogP contribution in [0.1, 0.15) is 29.5 Å². The zero-order chi connectivity index (χ0) is 14.4. The lowest BCUT2D eigenvalue weighted by Gasteiger charge is -2.05. The van der Waals surface area contributed by atoms with E-state index in [0.29, 0.717) is 23.7 Å². The summed E-state index contributed by atoms with van der Waals surface area (Å²) in [5, 5.41) is 11.2. The van der Waals surface area contributed by atoms with Crippen LogP contribution >= 0.6 is 0 Å². The molecule has 0 aliphatic heterocycles. The first kappa shape index (κ1) is 14.0. The first-order valence-electron chi connectivity index (χ1n) is 6.30. The van der Waals surface area contributed by atoms with Gasteiger partial charge >= 0.3 is 5.97 Å². The molecule has 0 aliphatic rings. The summed E-state index contributed by atoms with van der Waals surface area (Å²) in [6.07, 6.45) is 0.907. The van der Waals surface area contributed by atoms with E-state index in [0.717, 1.165) is 6.42 Å². The quantitative estimate of drug-likeness (QED) is 0.743. The number of hydrogen-bond acceptors (Lipinski definition) is 6. The normalized spacial score (nSPS) is 10.3. The van der Waals surface area contributed by atoms with Crippen LogP contribution in [0.2, 0.25) is 0 Å². The number of methoxy groups -OCH3 is 1. The van der Waals surface area contributed by atoms with Gasteiger partial charge in [0.2, 0.25) is 0 Å². The van der Waals surface area contributed by atoms with E-state index in [1.165, 1.54) is 0 Å². The van der Waals surface area contributed by atoms with Crippen LogP contribution in [-0.4, -0.2) is 33.3 Å². The Labute approximate surface area is 116 Å². The van der Waals surface area contributed by atoms with Crippen molar-refractivity contribution in [2.45, 2.75) is 26.5 Å². The number of rotatable bonds is 6. The van der Waals surface area contributed by atoms with Gasteiger partial charge in [0.25, 0.3) is 0 Å². The van der Waals surface area contributed by atoms with Gasteiger partial charge in [0.15, 0.2) is 12.4 Å². The van der Waals surface area contributed by atoms with E-state index in [1.807, 2.05) is 6.92 Å². The molecule has 7 heteroatoms. The second-order valence-electron chi connectivity index (χ2n) is 4.12. The number of aryl methyl sites for hydroxylation is 1. The van der Waals surface area contributed by atoms with E-state index in [9.17, 15) is 4.79 Å². The van der Waals surface area contributed by atoms with Crippen molar-refractivity contribution in [3.63, 3.8) is 0 Å². The third-order valence-corrected chi connectivity index (χ3v) is 2.70. The van der Waals surface area contributed by atoms with Crippen LogP contribution in [0.4, 0.5) is 0 Å². The van der Waals surface area contributed by atoms with Gasteiger partial charge in [-0.25, -0.2) is 9.48 Å². The summed E-state index contributed by atoms with van der Waals surface area (Å²) in [4.78, 5) is 11.9. The van der Waals surface area contributed by atoms with Crippen molar-refractivity contribution in [1.29, 1.82) is 0 Å². The molecule has 7 nitrogen and oxygen atoms in total. The average molecular weight is 276 g/mol. The van der Waals surface area contributed by atoms with Crippen molar-refractivity contribution in [3.05, 3.63) is 35.7 Å². The van der Waals surface area contributed by atoms with Crippen molar-refractivity contribution in [2.24, 2.45) is 0 Å². The minimum absolute atomic E-state index is 0.0534. The van der Waals surface area contributed by atoms with Gasteiger partial charge in [-0.15, -0.1) is 5.10 Å². The molecule has 1 aromatic heterocycles. The van der Waals surface area contributed by atoms with Gasteiger partial charge in [-0.2, -0.15) is 0 Å². The SMILES string of the molecule is CCCn1nnnc1COC(=O)c1ccc(OC)cc1. The highest BCUT2D eigenvalue weighted by molar-refractivity contribution is 5.89. The van der Waals surface area contributed by atoms with Gasteiger partial charge in [-0.3, -0.25) is 0 Å². The number of tetrazole rings is 1. The third kappa shape index (κ3) is 3.31. The van der Waals surface area contributed by atoms with E-state index in [-0.39, 0.29) is 6.61 Å². The predicted molar refractivity (Wildman–Crippen MR) is 70.2 cm³/mol. The monoisotopic (exact) mass is 276 g/mol. The molecule has 0 saturated carbocycles. The molecule has 0 aliphatic carbocycles. The first-order chi connectivity index (χ1) is 9.74. The maximum atomic E-state index is 11.9. The zero-order valence-corrected chi connectivity index (χ0v) is 11.4. The van der Waals surface area contributed by atoms with Crippen LogP contribution in [0.25, 0.3) is 0 Å². The maximum absolute atomic E-state index is 11.9. The second-order valence-corrected chi connectivity index (χ2v) is 4.12. The number of carbonyl (C=O) groups is 1. The molecule has 0 N–H and O–H groups in total. The van der Waals surface area contributed by atoms with E-state index in [4.69, 9.17) is 9.47 Å². The lowest BCUT2D eigenvalue weighted by molar-refractivity contribution is 0.0456. The Morgan fingerprint density at radius 3 is 2.70 bits per heavy atom. The first-order valence-corrected chi connectivity index (χ1v) is 6.30. The van der Waals surface area contributed by atoms with E-state index < -0.39 is 5.97 Å². The van der Waals surface area contributed by atoms with Crippen molar-refractivity contribution >= 4 is 5.97 Å². The van der Waals surface area contributed by atoms with Crippen LogP contribution in [0, 0.1) is 0 Å². The van der Waals surface area contributed by atoms with Crippen molar-refractivity contribution in [2.75, 3.05) is 7.11 Å². The summed E-state index contributed by atoms with van der Waals surface area (Å²) in [6.45, 7) is 2.77. The Hall–Kier alpha value is -2.44. The molecule has 1 heterocycles. The zero-order valence-electron chi connectivity index (χ0n) is 11.4. The number of benzene rings is 1. The summed E-state index contributed by atoms with van der Waals surface area (Å²) >= 11 is 0. The molecule has 0 radical (unpaired) electrons. The standard InChI is InChI=1S/C13H16N4O3/c1-3-8-17-12(14-15-16-17)9-20-13(18)10-4-6-11(19-2)7-5-10/h4-7H,3,8-9H2,1-2H3. The summed E-state index contributed by atoms with van der Waals surface area (Å²) in [6, 6.07) is 6.71. The van der Waals surface area contributed by atoms with Gasteiger partial charge in [-0.05, 0) is 41.1 Å². The number of carbonyl (C=O) groups excluding carboxylic acids is 1. The highest BCUT2D eigenvalue weighted by atomic mass is 16.5. The van der Waals surface area contributed by atoms with Gasteiger partial charge < -0.3 is 9.47 Å². The molecule has 0 atom stereocenters. The van der Waals surface area contributed by atoms with Gasteiger partial charge in [-0.1, -0.05) is 6.92 Å². The molecular weight excluding hydrogens is 260 g/mol. The van der Waals surface area contributed by atoms with Gasteiger partial charge in [0, 0.05) is 6.54 Å². The fraction of sp³-hybridized carbons (Fsp3) is 0.385. The highest BCUT2D eigenvalue weighted by Gasteiger charge is 2.11. The number of ether oxygens (including phenoxy) is 2. The molecule has 1 aromatic carbocycles. The molecule has 20 heavy (non-hydrogen) atoms. The largest absolute Gasteiger partial charge is 0.497 e. The van der Waals surface area contributed by atoms with Crippen molar-refractivity contribution in [1.82, 2.24) is 20.2 Å². The lowest BCUT2D eigenvalue weighted by Crippen LogP contribution is -2.11. The summed E-state index contributed by atoms with van der Waals surface area (Å²) in [5.74, 6) is 0.806. The maximum Gasteiger partial charge on any atom is 0.338 e. The molecule has 0 unspecified atom stereocenters. The van der Waals surface area contributed by atoms with E-state index >= 15 is 0 Å². The Balaban J connectivity index is 1.95. The van der Waals surface area contributed by atoms with Crippen LogP contribution in [0.3, 0.4) is 0 Å². The van der Waals surface area contributed by atoms with E-state index in [2.05, 4.69) is 15.5 Å². The Morgan fingerprint density at radius 2 is 2.05 bits per heavy atom. The molecule has 2 aromatic rings. The fourth-order valence-electron chi connectivity index (χ4n) is 1.65. The summed E-state index contributed by atoms with van der Waals surface area (Å²) in [5.41, 5.74) is 0.459. The second kappa shape index (κ2) is 6.65. The molecule has 0 bridgehead atoms.